The summed E-state index contributed by atoms with van der Waals surface area (Å²) in [5.41, 5.74) is 3.55. The van der Waals surface area contributed by atoms with Gasteiger partial charge < -0.3 is 5.32 Å². The fourth-order valence-electron chi connectivity index (χ4n) is 3.06. The Labute approximate surface area is 139 Å². The summed E-state index contributed by atoms with van der Waals surface area (Å²) in [6, 6.07) is 4.72. The van der Waals surface area contributed by atoms with Crippen LogP contribution in [0.15, 0.2) is 16.5 Å². The molecule has 118 valence electrons. The standard InChI is InChI=1S/C17H22N2OS2/c1-11-8-12(2)16-14(9-11)22-17(19-16)21-10-15(20)18-13-6-4-3-5-7-13/h8-9,13H,3-7,10H2,1-2H3,(H,18,20). The second-order valence-corrected chi connectivity index (χ2v) is 8.35. The Morgan fingerprint density at radius 3 is 2.86 bits per heavy atom. The predicted molar refractivity (Wildman–Crippen MR) is 94.8 cm³/mol. The van der Waals surface area contributed by atoms with Crippen LogP contribution in [0.4, 0.5) is 0 Å². The molecule has 22 heavy (non-hydrogen) atoms. The largest absolute Gasteiger partial charge is 0.353 e. The monoisotopic (exact) mass is 334 g/mol. The van der Waals surface area contributed by atoms with Gasteiger partial charge in [-0.1, -0.05) is 37.1 Å². The van der Waals surface area contributed by atoms with Gasteiger partial charge in [0.05, 0.1) is 16.0 Å². The van der Waals surface area contributed by atoms with Crippen molar-refractivity contribution in [3.63, 3.8) is 0 Å². The van der Waals surface area contributed by atoms with E-state index in [1.54, 1.807) is 23.1 Å². The van der Waals surface area contributed by atoms with Gasteiger partial charge in [-0.05, 0) is 43.9 Å². The van der Waals surface area contributed by atoms with Crippen LogP contribution in [0.25, 0.3) is 10.2 Å². The molecule has 1 aromatic heterocycles. The molecule has 1 amide bonds. The van der Waals surface area contributed by atoms with E-state index in [-0.39, 0.29) is 5.91 Å². The van der Waals surface area contributed by atoms with E-state index in [4.69, 9.17) is 0 Å². The van der Waals surface area contributed by atoms with Gasteiger partial charge in [0, 0.05) is 6.04 Å². The molecular weight excluding hydrogens is 312 g/mol. The van der Waals surface area contributed by atoms with Crippen molar-refractivity contribution in [1.29, 1.82) is 0 Å². The van der Waals surface area contributed by atoms with Crippen LogP contribution in [-0.2, 0) is 4.79 Å². The van der Waals surface area contributed by atoms with Gasteiger partial charge in [-0.3, -0.25) is 4.79 Å². The highest BCUT2D eigenvalue weighted by molar-refractivity contribution is 8.01. The molecule has 1 aliphatic carbocycles. The van der Waals surface area contributed by atoms with Crippen LogP contribution < -0.4 is 5.32 Å². The minimum atomic E-state index is 0.143. The number of nitrogens with one attached hydrogen (secondary N) is 1. The molecule has 0 aliphatic heterocycles. The van der Waals surface area contributed by atoms with E-state index in [2.05, 4.69) is 36.3 Å². The molecule has 3 rings (SSSR count). The summed E-state index contributed by atoms with van der Waals surface area (Å²) in [6.07, 6.45) is 6.07. The molecule has 0 unspecified atom stereocenters. The number of thiazole rings is 1. The second-order valence-electron chi connectivity index (χ2n) is 6.10. The minimum Gasteiger partial charge on any atom is -0.353 e. The third-order valence-corrected chi connectivity index (χ3v) is 6.25. The molecule has 1 N–H and O–H groups in total. The van der Waals surface area contributed by atoms with Gasteiger partial charge in [-0.2, -0.15) is 0 Å². The van der Waals surface area contributed by atoms with Crippen molar-refractivity contribution in [2.24, 2.45) is 0 Å². The Balaban J connectivity index is 1.59. The molecular formula is C17H22N2OS2. The highest BCUT2D eigenvalue weighted by Gasteiger charge is 2.16. The SMILES string of the molecule is Cc1cc(C)c2nc(SCC(=O)NC3CCCCC3)sc2c1. The van der Waals surface area contributed by atoms with Crippen LogP contribution >= 0.6 is 23.1 Å². The summed E-state index contributed by atoms with van der Waals surface area (Å²) >= 11 is 3.24. The number of carbonyl (C=O) groups is 1. The van der Waals surface area contributed by atoms with Gasteiger partial charge in [-0.15, -0.1) is 11.3 Å². The summed E-state index contributed by atoms with van der Waals surface area (Å²) in [5.74, 6) is 0.609. The number of thioether (sulfide) groups is 1. The first kappa shape index (κ1) is 15.8. The molecule has 1 fully saturated rings. The Kier molecular flexibility index (Phi) is 5.03. The number of aromatic nitrogens is 1. The molecule has 2 aromatic rings. The molecule has 0 spiro atoms. The van der Waals surface area contributed by atoms with E-state index in [1.807, 2.05) is 0 Å². The molecule has 0 radical (unpaired) electrons. The number of benzene rings is 1. The number of nitrogens with zero attached hydrogens (tertiary/aromatic N) is 1. The van der Waals surface area contributed by atoms with Crippen molar-refractivity contribution >= 4 is 39.2 Å². The maximum Gasteiger partial charge on any atom is 0.230 e. The number of carbonyl (C=O) groups excluding carboxylic acids is 1. The number of hydrogen-bond acceptors (Lipinski definition) is 4. The second kappa shape index (κ2) is 7.01. The minimum absolute atomic E-state index is 0.143. The van der Waals surface area contributed by atoms with Crippen LogP contribution in [-0.4, -0.2) is 22.7 Å². The molecule has 3 nitrogen and oxygen atoms in total. The maximum atomic E-state index is 12.1. The molecule has 5 heteroatoms. The predicted octanol–water partition coefficient (Wildman–Crippen LogP) is 4.45. The molecule has 1 aliphatic rings. The molecule has 1 heterocycles. The first-order valence-electron chi connectivity index (χ1n) is 7.92. The van der Waals surface area contributed by atoms with Gasteiger partial charge in [0.15, 0.2) is 4.34 Å². The van der Waals surface area contributed by atoms with Gasteiger partial charge in [0.25, 0.3) is 0 Å². The summed E-state index contributed by atoms with van der Waals surface area (Å²) in [7, 11) is 0. The van der Waals surface area contributed by atoms with Crippen molar-refractivity contribution in [3.8, 4) is 0 Å². The number of fused-ring (bicyclic) bond motifs is 1. The Morgan fingerprint density at radius 2 is 2.09 bits per heavy atom. The van der Waals surface area contributed by atoms with E-state index in [1.165, 1.54) is 35.1 Å². The molecule has 0 saturated heterocycles. The van der Waals surface area contributed by atoms with Crippen molar-refractivity contribution in [2.45, 2.75) is 56.3 Å². The first-order chi connectivity index (χ1) is 10.6. The molecule has 0 atom stereocenters. The molecule has 1 aromatic carbocycles. The molecule has 1 saturated carbocycles. The van der Waals surface area contributed by atoms with Crippen LogP contribution in [0.1, 0.15) is 43.2 Å². The Hall–Kier alpha value is -1.07. The summed E-state index contributed by atoms with van der Waals surface area (Å²) in [5, 5.41) is 3.16. The number of rotatable bonds is 4. The van der Waals surface area contributed by atoms with E-state index < -0.39 is 0 Å². The highest BCUT2D eigenvalue weighted by Crippen LogP contribution is 2.32. The fraction of sp³-hybridized carbons (Fsp3) is 0.529. The lowest BCUT2D eigenvalue weighted by molar-refractivity contribution is -0.119. The smallest absolute Gasteiger partial charge is 0.230 e. The lowest BCUT2D eigenvalue weighted by atomic mass is 9.95. The third kappa shape index (κ3) is 3.82. The summed E-state index contributed by atoms with van der Waals surface area (Å²) in [4.78, 5) is 16.7. The average molecular weight is 335 g/mol. The van der Waals surface area contributed by atoms with Gasteiger partial charge in [0.2, 0.25) is 5.91 Å². The van der Waals surface area contributed by atoms with Crippen LogP contribution in [0.2, 0.25) is 0 Å². The molecule has 0 bridgehead atoms. The lowest BCUT2D eigenvalue weighted by Crippen LogP contribution is -2.37. The van der Waals surface area contributed by atoms with Crippen LogP contribution in [0.5, 0.6) is 0 Å². The quantitative estimate of drug-likeness (QED) is 0.840. The first-order valence-corrected chi connectivity index (χ1v) is 9.72. The zero-order valence-electron chi connectivity index (χ0n) is 13.1. The Morgan fingerprint density at radius 1 is 1.32 bits per heavy atom. The van der Waals surface area contributed by atoms with Crippen molar-refractivity contribution in [3.05, 3.63) is 23.3 Å². The van der Waals surface area contributed by atoms with Gasteiger partial charge in [-0.25, -0.2) is 4.98 Å². The van der Waals surface area contributed by atoms with Crippen LogP contribution in [0, 0.1) is 13.8 Å². The van der Waals surface area contributed by atoms with Crippen LogP contribution in [0.3, 0.4) is 0 Å². The van der Waals surface area contributed by atoms with Gasteiger partial charge >= 0.3 is 0 Å². The highest BCUT2D eigenvalue weighted by atomic mass is 32.2. The fourth-order valence-corrected chi connectivity index (χ4v) is 5.10. The Bertz CT molecular complexity index is 675. The normalized spacial score (nSPS) is 16.1. The van der Waals surface area contributed by atoms with E-state index >= 15 is 0 Å². The van der Waals surface area contributed by atoms with E-state index in [9.17, 15) is 4.79 Å². The van der Waals surface area contributed by atoms with Gasteiger partial charge in [0.1, 0.15) is 0 Å². The van der Waals surface area contributed by atoms with Crippen molar-refractivity contribution < 1.29 is 4.79 Å². The third-order valence-electron chi connectivity index (χ3n) is 4.11. The summed E-state index contributed by atoms with van der Waals surface area (Å²) in [6.45, 7) is 4.20. The topological polar surface area (TPSA) is 42.0 Å². The number of amides is 1. The number of aryl methyl sites for hydroxylation is 2. The zero-order valence-corrected chi connectivity index (χ0v) is 14.8. The van der Waals surface area contributed by atoms with Crippen molar-refractivity contribution in [2.75, 3.05) is 5.75 Å². The summed E-state index contributed by atoms with van der Waals surface area (Å²) < 4.78 is 2.20. The number of hydrogen-bond donors (Lipinski definition) is 1. The van der Waals surface area contributed by atoms with Crippen molar-refractivity contribution in [1.82, 2.24) is 10.3 Å². The maximum absolute atomic E-state index is 12.1. The van der Waals surface area contributed by atoms with E-state index in [0.717, 1.165) is 22.7 Å². The average Bonchev–Trinajstić information content (AvgIpc) is 2.89. The zero-order chi connectivity index (χ0) is 15.5. The lowest BCUT2D eigenvalue weighted by Gasteiger charge is -2.22. The van der Waals surface area contributed by atoms with E-state index in [0.29, 0.717) is 11.8 Å².